The van der Waals surface area contributed by atoms with Crippen LogP contribution in [-0.4, -0.2) is 44.9 Å². The number of amides is 1. The molecule has 8 heteroatoms. The molecule has 8 nitrogen and oxygen atoms in total. The highest BCUT2D eigenvalue weighted by Gasteiger charge is 2.37. The first-order valence-corrected chi connectivity index (χ1v) is 12.9. The SMILES string of the molecule is CC1(C)CC(=O)c2c(CC[C@H](NC(=O)OC(C)(C)C)C(=O)OC(C)(C)C)nn(Cc3ccccc3)c2C1. The van der Waals surface area contributed by atoms with E-state index in [0.29, 0.717) is 30.6 Å². The van der Waals surface area contributed by atoms with Crippen LogP contribution in [0.5, 0.6) is 0 Å². The maximum atomic E-state index is 13.3. The van der Waals surface area contributed by atoms with Gasteiger partial charge >= 0.3 is 12.1 Å². The Bertz CT molecular complexity index is 1140. The van der Waals surface area contributed by atoms with E-state index in [4.69, 9.17) is 14.6 Å². The lowest BCUT2D eigenvalue weighted by atomic mass is 9.75. The van der Waals surface area contributed by atoms with Gasteiger partial charge in [0.15, 0.2) is 5.78 Å². The number of ketones is 1. The van der Waals surface area contributed by atoms with Crippen molar-refractivity contribution < 1.29 is 23.9 Å². The molecular formula is C29H41N3O5. The summed E-state index contributed by atoms with van der Waals surface area (Å²) < 4.78 is 12.9. The molecule has 0 radical (unpaired) electrons. The molecule has 202 valence electrons. The minimum absolute atomic E-state index is 0.0643. The fourth-order valence-electron chi connectivity index (χ4n) is 4.51. The number of nitrogens with one attached hydrogen (secondary N) is 1. The maximum absolute atomic E-state index is 13.3. The van der Waals surface area contributed by atoms with Crippen LogP contribution in [0, 0.1) is 5.41 Å². The van der Waals surface area contributed by atoms with Crippen molar-refractivity contribution in [2.24, 2.45) is 5.41 Å². The summed E-state index contributed by atoms with van der Waals surface area (Å²) in [7, 11) is 0. The van der Waals surface area contributed by atoms with Gasteiger partial charge in [0.2, 0.25) is 0 Å². The van der Waals surface area contributed by atoms with Gasteiger partial charge in [-0.05, 0) is 71.8 Å². The molecule has 0 unspecified atom stereocenters. The van der Waals surface area contributed by atoms with Crippen molar-refractivity contribution in [1.29, 1.82) is 0 Å². The van der Waals surface area contributed by atoms with Gasteiger partial charge in [0.05, 0.1) is 23.5 Å². The molecule has 0 bridgehead atoms. The predicted octanol–water partition coefficient (Wildman–Crippen LogP) is 5.25. The van der Waals surface area contributed by atoms with Gasteiger partial charge in [-0.25, -0.2) is 9.59 Å². The number of aromatic nitrogens is 2. The fourth-order valence-corrected chi connectivity index (χ4v) is 4.51. The average molecular weight is 512 g/mol. The third kappa shape index (κ3) is 8.17. The molecule has 1 aliphatic carbocycles. The summed E-state index contributed by atoms with van der Waals surface area (Å²) >= 11 is 0. The number of alkyl carbamates (subject to hydrolysis) is 1. The van der Waals surface area contributed by atoms with Crippen molar-refractivity contribution in [3.8, 4) is 0 Å². The van der Waals surface area contributed by atoms with E-state index in [9.17, 15) is 14.4 Å². The minimum Gasteiger partial charge on any atom is -0.458 e. The average Bonchev–Trinajstić information content (AvgIpc) is 3.05. The number of carbonyl (C=O) groups excluding carboxylic acids is 3. The summed E-state index contributed by atoms with van der Waals surface area (Å²) in [6, 6.07) is 9.05. The molecule has 2 aromatic rings. The highest BCUT2D eigenvalue weighted by Crippen LogP contribution is 2.37. The quantitative estimate of drug-likeness (QED) is 0.510. The molecule has 1 aromatic heterocycles. The third-order valence-electron chi connectivity index (χ3n) is 5.92. The predicted molar refractivity (Wildman–Crippen MR) is 142 cm³/mol. The standard InChI is InChI=1S/C29H41N3O5/c1-27(2,3)36-25(34)21(30-26(35)37-28(4,5)6)15-14-20-24-22(16-29(7,8)17-23(24)33)32(31-20)18-19-12-10-9-11-13-19/h9-13,21H,14-18H2,1-8H3,(H,30,35)/t21-/m0/s1. The van der Waals surface area contributed by atoms with Gasteiger partial charge in [-0.15, -0.1) is 0 Å². The van der Waals surface area contributed by atoms with Crippen molar-refractivity contribution in [1.82, 2.24) is 15.1 Å². The van der Waals surface area contributed by atoms with Crippen LogP contribution in [0.2, 0.25) is 0 Å². The van der Waals surface area contributed by atoms with Gasteiger partial charge in [-0.1, -0.05) is 44.2 Å². The van der Waals surface area contributed by atoms with Crippen LogP contribution < -0.4 is 5.32 Å². The molecule has 1 amide bonds. The zero-order chi connectivity index (χ0) is 27.6. The molecule has 0 saturated heterocycles. The van der Waals surface area contributed by atoms with Gasteiger partial charge < -0.3 is 14.8 Å². The molecule has 0 aliphatic heterocycles. The first-order valence-electron chi connectivity index (χ1n) is 12.9. The number of Topliss-reactive ketones (excluding diaryl/α,β-unsaturated/α-hetero) is 1. The van der Waals surface area contributed by atoms with Gasteiger partial charge in [0.1, 0.15) is 17.2 Å². The topological polar surface area (TPSA) is 99.5 Å². The van der Waals surface area contributed by atoms with E-state index in [1.54, 1.807) is 41.5 Å². The summed E-state index contributed by atoms with van der Waals surface area (Å²) in [4.78, 5) is 38.7. The normalized spacial score (nSPS) is 16.1. The van der Waals surface area contributed by atoms with E-state index >= 15 is 0 Å². The smallest absolute Gasteiger partial charge is 0.408 e. The van der Waals surface area contributed by atoms with Crippen LogP contribution in [-0.2, 0) is 33.7 Å². The van der Waals surface area contributed by atoms with Crippen molar-refractivity contribution in [2.45, 2.75) is 105 Å². The van der Waals surface area contributed by atoms with Gasteiger partial charge in [-0.3, -0.25) is 9.48 Å². The lowest BCUT2D eigenvalue weighted by Crippen LogP contribution is -2.46. The highest BCUT2D eigenvalue weighted by molar-refractivity contribution is 5.99. The molecule has 1 N–H and O–H groups in total. The summed E-state index contributed by atoms with van der Waals surface area (Å²) in [5, 5.41) is 7.51. The lowest BCUT2D eigenvalue weighted by Gasteiger charge is -2.29. The van der Waals surface area contributed by atoms with E-state index in [2.05, 4.69) is 19.2 Å². The summed E-state index contributed by atoms with van der Waals surface area (Å²) in [5.74, 6) is -0.488. The number of carbonyl (C=O) groups is 3. The van der Waals surface area contributed by atoms with Gasteiger partial charge in [-0.2, -0.15) is 5.10 Å². The molecule has 37 heavy (non-hydrogen) atoms. The maximum Gasteiger partial charge on any atom is 0.408 e. The van der Waals surface area contributed by atoms with Crippen LogP contribution in [0.4, 0.5) is 4.79 Å². The van der Waals surface area contributed by atoms with Crippen molar-refractivity contribution in [3.63, 3.8) is 0 Å². The number of ether oxygens (including phenoxy) is 2. The van der Waals surface area contributed by atoms with Crippen LogP contribution in [0.3, 0.4) is 0 Å². The third-order valence-corrected chi connectivity index (χ3v) is 5.92. The molecule has 0 fully saturated rings. The zero-order valence-electron chi connectivity index (χ0n) is 23.4. The Hall–Kier alpha value is -3.16. The van der Waals surface area contributed by atoms with Crippen LogP contribution in [0.25, 0.3) is 0 Å². The first-order chi connectivity index (χ1) is 17.0. The summed E-state index contributed by atoms with van der Waals surface area (Å²) in [6.45, 7) is 15.3. The van der Waals surface area contributed by atoms with E-state index < -0.39 is 29.3 Å². The number of esters is 1. The van der Waals surface area contributed by atoms with Gasteiger partial charge in [0.25, 0.3) is 0 Å². The molecule has 0 saturated carbocycles. The Kier molecular flexibility index (Phi) is 8.20. The van der Waals surface area contributed by atoms with Crippen molar-refractivity contribution in [3.05, 3.63) is 52.8 Å². The largest absolute Gasteiger partial charge is 0.458 e. The Morgan fingerprint density at radius 3 is 2.24 bits per heavy atom. The molecule has 3 rings (SSSR count). The second-order valence-electron chi connectivity index (χ2n) is 12.6. The lowest BCUT2D eigenvalue weighted by molar-refractivity contribution is -0.157. The molecule has 1 atom stereocenters. The Morgan fingerprint density at radius 1 is 1.03 bits per heavy atom. The summed E-state index contributed by atoms with van der Waals surface area (Å²) in [6.07, 6.45) is 1.03. The van der Waals surface area contributed by atoms with E-state index in [0.717, 1.165) is 17.7 Å². The number of fused-ring (bicyclic) bond motifs is 1. The Labute approximate surface area is 220 Å². The number of aryl methyl sites for hydroxylation is 1. The van der Waals surface area contributed by atoms with Crippen LogP contribution >= 0.6 is 0 Å². The first kappa shape index (κ1) is 28.4. The summed E-state index contributed by atoms with van der Waals surface area (Å²) in [5.41, 5.74) is 1.72. The second-order valence-corrected chi connectivity index (χ2v) is 12.6. The number of hydrogen-bond donors (Lipinski definition) is 1. The van der Waals surface area contributed by atoms with Crippen LogP contribution in [0.15, 0.2) is 30.3 Å². The molecule has 1 aromatic carbocycles. The number of rotatable bonds is 7. The van der Waals surface area contributed by atoms with Crippen molar-refractivity contribution in [2.75, 3.05) is 0 Å². The number of benzene rings is 1. The number of hydrogen-bond acceptors (Lipinski definition) is 6. The molecular weight excluding hydrogens is 470 g/mol. The second kappa shape index (κ2) is 10.7. The molecule has 1 aliphatic rings. The van der Waals surface area contributed by atoms with Crippen molar-refractivity contribution >= 4 is 17.8 Å². The number of nitrogens with zero attached hydrogens (tertiary/aromatic N) is 2. The highest BCUT2D eigenvalue weighted by atomic mass is 16.6. The van der Waals surface area contributed by atoms with Gasteiger partial charge in [0, 0.05) is 6.42 Å². The van der Waals surface area contributed by atoms with E-state index in [-0.39, 0.29) is 17.6 Å². The van der Waals surface area contributed by atoms with E-state index in [1.165, 1.54) is 0 Å². The molecule has 0 spiro atoms. The fraction of sp³-hybridized carbons (Fsp3) is 0.586. The van der Waals surface area contributed by atoms with Crippen LogP contribution in [0.1, 0.15) is 95.5 Å². The zero-order valence-corrected chi connectivity index (χ0v) is 23.4. The Morgan fingerprint density at radius 2 is 1.65 bits per heavy atom. The minimum atomic E-state index is -0.945. The monoisotopic (exact) mass is 511 g/mol. The Balaban J connectivity index is 1.89. The molecule has 1 heterocycles. The van der Waals surface area contributed by atoms with E-state index in [1.807, 2.05) is 35.0 Å².